The van der Waals surface area contributed by atoms with E-state index < -0.39 is 0 Å². The van der Waals surface area contributed by atoms with Crippen LogP contribution in [0.1, 0.15) is 46.3 Å². The minimum absolute atomic E-state index is 0.268. The van der Waals surface area contributed by atoms with E-state index in [-0.39, 0.29) is 6.17 Å². The second kappa shape index (κ2) is 13.5. The van der Waals surface area contributed by atoms with Gasteiger partial charge in [-0.1, -0.05) is 158 Å². The van der Waals surface area contributed by atoms with Crippen molar-refractivity contribution in [3.8, 4) is 5.69 Å². The molecule has 0 amide bonds. The summed E-state index contributed by atoms with van der Waals surface area (Å²) in [6.45, 7) is 0. The number of aliphatic imine (C=N–C) groups is 1. The highest BCUT2D eigenvalue weighted by atomic mass is 32.1. The maximum absolute atomic E-state index is 5.34. The van der Waals surface area contributed by atoms with E-state index in [2.05, 4.69) is 204 Å². The lowest BCUT2D eigenvalue weighted by molar-refractivity contribution is 0.664. The molecule has 4 heteroatoms. The van der Waals surface area contributed by atoms with E-state index in [4.69, 9.17) is 4.99 Å². The van der Waals surface area contributed by atoms with Crippen molar-refractivity contribution in [3.63, 3.8) is 0 Å². The number of para-hydroxylation sites is 1. The summed E-state index contributed by atoms with van der Waals surface area (Å²) in [5.41, 5.74) is 12.8. The summed E-state index contributed by atoms with van der Waals surface area (Å²) in [5, 5.41) is 8.86. The molecule has 1 N–H and O–H groups in total. The molecule has 0 radical (unpaired) electrons. The number of allylic oxidation sites excluding steroid dienone is 5. The first-order valence-corrected chi connectivity index (χ1v) is 20.2. The topological polar surface area (TPSA) is 29.3 Å². The van der Waals surface area contributed by atoms with Gasteiger partial charge in [-0.2, -0.15) is 0 Å². The largest absolute Gasteiger partial charge is 0.360 e. The molecule has 2 aliphatic rings. The Balaban J connectivity index is 1.09. The number of nitrogens with one attached hydrogen (secondary N) is 1. The Bertz CT molecular complexity index is 3070. The van der Waals surface area contributed by atoms with Crippen LogP contribution in [-0.4, -0.2) is 10.3 Å². The predicted octanol–water partition coefficient (Wildman–Crippen LogP) is 13.4. The second-order valence-corrected chi connectivity index (χ2v) is 15.8. The zero-order chi connectivity index (χ0) is 37.0. The Hall–Kier alpha value is -6.75. The van der Waals surface area contributed by atoms with Gasteiger partial charge in [0.15, 0.2) is 0 Å². The van der Waals surface area contributed by atoms with E-state index in [1.54, 1.807) is 0 Å². The van der Waals surface area contributed by atoms with Crippen molar-refractivity contribution in [3.05, 3.63) is 222 Å². The van der Waals surface area contributed by atoms with Crippen LogP contribution < -0.4 is 5.32 Å². The summed E-state index contributed by atoms with van der Waals surface area (Å²) < 4.78 is 5.12. The van der Waals surface area contributed by atoms with Crippen molar-refractivity contribution < 1.29 is 0 Å². The fraction of sp³-hybridized carbons (Fsp3) is 0.0577. The highest BCUT2D eigenvalue weighted by Crippen LogP contribution is 2.44. The standard InChI is InChI=1S/C52H37N3S/c1-4-14-34(15-5-1)35-24-26-36(27-25-35)44-31-40(32-45-43-21-11-13-23-50(43)56-51(44)45)55-48-22-12-10-20-41(48)42-29-28-39(30-49(42)55)52-53-46(37-16-6-2-7-17-37)33-47(54-52)38-18-8-3-9-19-38/h1-24,26-33,35,52-53H,25H2. The number of hydrogen-bond acceptors (Lipinski definition) is 3. The molecule has 266 valence electrons. The molecule has 2 unspecified atom stereocenters. The van der Waals surface area contributed by atoms with Gasteiger partial charge in [0.2, 0.25) is 0 Å². The van der Waals surface area contributed by atoms with E-state index in [0.717, 1.165) is 40.2 Å². The fourth-order valence-corrected chi connectivity index (χ4v) is 9.82. The molecule has 0 bridgehead atoms. The van der Waals surface area contributed by atoms with Gasteiger partial charge in [-0.25, -0.2) is 0 Å². The van der Waals surface area contributed by atoms with Gasteiger partial charge in [0, 0.05) is 53.8 Å². The minimum Gasteiger partial charge on any atom is -0.360 e. The number of rotatable bonds is 6. The molecule has 3 nitrogen and oxygen atoms in total. The zero-order valence-corrected chi connectivity index (χ0v) is 31.5. The first-order chi connectivity index (χ1) is 27.7. The number of thiophene rings is 1. The number of hydrogen-bond donors (Lipinski definition) is 1. The number of nitrogens with zero attached hydrogens (tertiary/aromatic N) is 2. The molecule has 1 aliphatic carbocycles. The molecule has 1 aliphatic heterocycles. The van der Waals surface area contributed by atoms with Gasteiger partial charge in [0.25, 0.3) is 0 Å². The molecular formula is C52H37N3S. The number of benzene rings is 7. The van der Waals surface area contributed by atoms with E-state index >= 15 is 0 Å². The van der Waals surface area contributed by atoms with E-state index in [9.17, 15) is 0 Å². The third-order valence-corrected chi connectivity index (χ3v) is 12.6. The smallest absolute Gasteiger partial charge is 0.145 e. The summed E-state index contributed by atoms with van der Waals surface area (Å²) in [4.78, 5) is 5.34. The van der Waals surface area contributed by atoms with Crippen LogP contribution in [0.15, 0.2) is 199 Å². The first kappa shape index (κ1) is 32.7. The Morgan fingerprint density at radius 2 is 1.29 bits per heavy atom. The molecular weight excluding hydrogens is 699 g/mol. The first-order valence-electron chi connectivity index (χ1n) is 19.3. The van der Waals surface area contributed by atoms with Crippen molar-refractivity contribution in [1.82, 2.24) is 9.88 Å². The van der Waals surface area contributed by atoms with Gasteiger partial charge in [0.05, 0.1) is 16.7 Å². The molecule has 9 aromatic rings. The van der Waals surface area contributed by atoms with Crippen LogP contribution in [0.3, 0.4) is 0 Å². The van der Waals surface area contributed by atoms with Gasteiger partial charge in [-0.15, -0.1) is 11.3 Å². The van der Waals surface area contributed by atoms with Crippen LogP contribution >= 0.6 is 11.3 Å². The monoisotopic (exact) mass is 735 g/mol. The Kier molecular flexibility index (Phi) is 7.89. The van der Waals surface area contributed by atoms with Gasteiger partial charge in [0.1, 0.15) is 6.17 Å². The Morgan fingerprint density at radius 1 is 0.589 bits per heavy atom. The quantitative estimate of drug-likeness (QED) is 0.181. The summed E-state index contributed by atoms with van der Waals surface area (Å²) in [7, 11) is 0. The highest BCUT2D eigenvalue weighted by molar-refractivity contribution is 7.26. The van der Waals surface area contributed by atoms with Crippen LogP contribution in [0.25, 0.3) is 58.9 Å². The predicted molar refractivity (Wildman–Crippen MR) is 238 cm³/mol. The maximum Gasteiger partial charge on any atom is 0.145 e. The Labute approximate surface area is 329 Å². The molecule has 56 heavy (non-hydrogen) atoms. The third kappa shape index (κ3) is 5.61. The van der Waals surface area contributed by atoms with Crippen molar-refractivity contribution in [1.29, 1.82) is 0 Å². The third-order valence-electron chi connectivity index (χ3n) is 11.4. The van der Waals surface area contributed by atoms with Crippen molar-refractivity contribution in [2.75, 3.05) is 0 Å². The summed E-state index contributed by atoms with van der Waals surface area (Å²) >= 11 is 1.90. The number of aromatic nitrogens is 1. The molecule has 7 aromatic carbocycles. The van der Waals surface area contributed by atoms with Crippen LogP contribution in [0.4, 0.5) is 0 Å². The van der Waals surface area contributed by atoms with Crippen LogP contribution in [0.5, 0.6) is 0 Å². The van der Waals surface area contributed by atoms with E-state index in [1.807, 2.05) is 11.3 Å². The molecule has 2 atom stereocenters. The lowest BCUT2D eigenvalue weighted by Gasteiger charge is -2.25. The van der Waals surface area contributed by atoms with Gasteiger partial charge >= 0.3 is 0 Å². The molecule has 11 rings (SSSR count). The molecule has 0 fully saturated rings. The molecule has 0 spiro atoms. The second-order valence-electron chi connectivity index (χ2n) is 14.7. The highest BCUT2D eigenvalue weighted by Gasteiger charge is 2.23. The lowest BCUT2D eigenvalue weighted by atomic mass is 9.88. The maximum atomic E-state index is 5.34. The average molecular weight is 736 g/mol. The summed E-state index contributed by atoms with van der Waals surface area (Å²) in [6.07, 6.45) is 10.1. The van der Waals surface area contributed by atoms with E-state index in [0.29, 0.717) is 5.92 Å². The van der Waals surface area contributed by atoms with Gasteiger partial charge in [-0.05, 0) is 70.7 Å². The molecule has 3 heterocycles. The lowest BCUT2D eigenvalue weighted by Crippen LogP contribution is -2.24. The van der Waals surface area contributed by atoms with E-state index in [1.165, 1.54) is 58.7 Å². The normalized spacial score (nSPS) is 16.9. The van der Waals surface area contributed by atoms with Crippen LogP contribution in [0.2, 0.25) is 0 Å². The molecule has 2 aromatic heterocycles. The number of fused-ring (bicyclic) bond motifs is 6. The Morgan fingerprint density at radius 3 is 2.07 bits per heavy atom. The van der Waals surface area contributed by atoms with Crippen molar-refractivity contribution in [2.24, 2.45) is 4.99 Å². The summed E-state index contributed by atoms with van der Waals surface area (Å²) in [5.74, 6) is 0.382. The minimum atomic E-state index is -0.268. The zero-order valence-electron chi connectivity index (χ0n) is 30.6. The molecule has 0 saturated carbocycles. The fourth-order valence-electron chi connectivity index (χ4n) is 8.60. The van der Waals surface area contributed by atoms with Crippen LogP contribution in [-0.2, 0) is 0 Å². The SMILES string of the molecule is C1=CC(c2ccccc2)CC=C1c1cc(-n2c3ccccc3c3ccc(C4N=C(c5ccccc5)C=C(c5ccccc5)N4)cc32)cc2c1sc1ccccc12. The summed E-state index contributed by atoms with van der Waals surface area (Å²) in [6, 6.07) is 61.3. The van der Waals surface area contributed by atoms with Crippen LogP contribution in [0, 0.1) is 0 Å². The van der Waals surface area contributed by atoms with Gasteiger partial charge < -0.3 is 9.88 Å². The van der Waals surface area contributed by atoms with Crippen molar-refractivity contribution in [2.45, 2.75) is 18.5 Å². The van der Waals surface area contributed by atoms with Crippen molar-refractivity contribution >= 4 is 70.3 Å². The van der Waals surface area contributed by atoms with Gasteiger partial charge in [-0.3, -0.25) is 4.99 Å². The molecule has 0 saturated heterocycles. The average Bonchev–Trinajstić information content (AvgIpc) is 3.82.